The van der Waals surface area contributed by atoms with Crippen molar-refractivity contribution in [1.82, 2.24) is 0 Å². The van der Waals surface area contributed by atoms with E-state index < -0.39 is 0 Å². The van der Waals surface area contributed by atoms with Crippen LogP contribution in [0.25, 0.3) is 0 Å². The fourth-order valence-corrected chi connectivity index (χ4v) is 3.84. The molecule has 0 unspecified atom stereocenters. The summed E-state index contributed by atoms with van der Waals surface area (Å²) in [5.74, 6) is 0. The summed E-state index contributed by atoms with van der Waals surface area (Å²) in [6.07, 6.45) is 0. The molecule has 0 spiro atoms. The van der Waals surface area contributed by atoms with E-state index in [4.69, 9.17) is 16.4 Å². The van der Waals surface area contributed by atoms with E-state index in [1.54, 1.807) is 0 Å². The van der Waals surface area contributed by atoms with Gasteiger partial charge >= 0.3 is 0 Å². The third-order valence-electron chi connectivity index (χ3n) is 5.44. The quantitative estimate of drug-likeness (QED) is 0.467. The molecule has 1 N–H and O–H groups in total. The predicted octanol–water partition coefficient (Wildman–Crippen LogP) is 3.67. The normalized spacial score (nSPS) is 15.2. The minimum Gasteiger partial charge on any atom is -0.391 e. The van der Waals surface area contributed by atoms with Crippen LogP contribution in [-0.2, 0) is 11.4 Å². The number of nitrogens with zero attached hydrogens (tertiary/aromatic N) is 2. The lowest BCUT2D eigenvalue weighted by molar-refractivity contribution is -0.891. The maximum absolute atomic E-state index is 5.96. The van der Waals surface area contributed by atoms with Crippen molar-refractivity contribution in [3.8, 4) is 0 Å². The van der Waals surface area contributed by atoms with E-state index in [1.807, 2.05) is 42.5 Å². The molecule has 0 bridgehead atoms. The number of nitrogens with one attached hydrogen (secondary N) is 1. The summed E-state index contributed by atoms with van der Waals surface area (Å²) in [4.78, 5) is 9.72. The number of oxime groups is 1. The van der Waals surface area contributed by atoms with Gasteiger partial charge in [0.15, 0.2) is 0 Å². The third-order valence-corrected chi connectivity index (χ3v) is 5.69. The molecule has 0 radical (unpaired) electrons. The van der Waals surface area contributed by atoms with E-state index in [-0.39, 0.29) is 0 Å². The van der Waals surface area contributed by atoms with Gasteiger partial charge in [-0.3, -0.25) is 0 Å². The second-order valence-electron chi connectivity index (χ2n) is 7.55. The molecule has 4 rings (SSSR count). The van der Waals surface area contributed by atoms with E-state index in [2.05, 4.69) is 52.5 Å². The minimum absolute atomic E-state index is 0.435. The maximum atomic E-state index is 5.96. The Morgan fingerprint density at radius 1 is 0.867 bits per heavy atom. The van der Waals surface area contributed by atoms with Crippen LogP contribution in [0.3, 0.4) is 0 Å². The molecule has 1 saturated heterocycles. The van der Waals surface area contributed by atoms with E-state index >= 15 is 0 Å². The van der Waals surface area contributed by atoms with Gasteiger partial charge in [0, 0.05) is 16.3 Å². The van der Waals surface area contributed by atoms with Crippen LogP contribution in [0.5, 0.6) is 0 Å². The van der Waals surface area contributed by atoms with E-state index in [0.717, 1.165) is 54.6 Å². The highest BCUT2D eigenvalue weighted by Gasteiger charge is 2.22. The lowest BCUT2D eigenvalue weighted by atomic mass is 10.1. The van der Waals surface area contributed by atoms with Gasteiger partial charge in [0.1, 0.15) is 18.9 Å². The highest BCUT2D eigenvalue weighted by atomic mass is 35.5. The van der Waals surface area contributed by atoms with Crippen LogP contribution in [0, 0.1) is 0 Å². The lowest BCUT2D eigenvalue weighted by Gasteiger charge is -2.33. The molecule has 1 aliphatic heterocycles. The molecule has 4 nitrogen and oxygen atoms in total. The van der Waals surface area contributed by atoms with Gasteiger partial charge in [0.2, 0.25) is 0 Å². The molecule has 0 amide bonds. The summed E-state index contributed by atoms with van der Waals surface area (Å²) < 4.78 is 0. The summed E-state index contributed by atoms with van der Waals surface area (Å²) in [5.41, 5.74) is 4.47. The van der Waals surface area contributed by atoms with Crippen LogP contribution >= 0.6 is 11.6 Å². The number of halogens is 1. The Bertz CT molecular complexity index is 937. The molecule has 30 heavy (non-hydrogen) atoms. The third kappa shape index (κ3) is 5.62. The molecule has 5 heteroatoms. The van der Waals surface area contributed by atoms with Gasteiger partial charge in [-0.25, -0.2) is 0 Å². The van der Waals surface area contributed by atoms with Crippen molar-refractivity contribution in [1.29, 1.82) is 0 Å². The number of piperazine rings is 1. The first kappa shape index (κ1) is 20.5. The van der Waals surface area contributed by atoms with Gasteiger partial charge in [0.05, 0.1) is 26.2 Å². The van der Waals surface area contributed by atoms with Crippen LogP contribution in [0.4, 0.5) is 5.69 Å². The summed E-state index contributed by atoms with van der Waals surface area (Å²) in [6.45, 7) is 5.55. The number of hydrogen-bond acceptors (Lipinski definition) is 3. The second kappa shape index (κ2) is 10.3. The zero-order chi connectivity index (χ0) is 20.6. The van der Waals surface area contributed by atoms with Crippen molar-refractivity contribution >= 4 is 23.0 Å². The smallest absolute Gasteiger partial charge is 0.142 e. The second-order valence-corrected chi connectivity index (χ2v) is 7.99. The molecule has 0 atom stereocenters. The van der Waals surface area contributed by atoms with Crippen LogP contribution in [0.15, 0.2) is 90.1 Å². The minimum atomic E-state index is 0.435. The standard InChI is InChI=1S/C25H26ClN3O/c26-23-13-11-21(12-14-23)20-30-27-25(22-7-3-1-4-8-22)19-28-15-17-29(18-16-28)24-9-5-2-6-10-24/h1-14H,15-20H2/p+1/b27-25-. The monoisotopic (exact) mass is 420 g/mol. The summed E-state index contributed by atoms with van der Waals surface area (Å²) in [6, 6.07) is 28.7. The Kier molecular flexibility index (Phi) is 7.01. The topological polar surface area (TPSA) is 29.3 Å². The Hall–Kier alpha value is -2.82. The van der Waals surface area contributed by atoms with Crippen LogP contribution in [0.2, 0.25) is 5.02 Å². The van der Waals surface area contributed by atoms with Gasteiger partial charge in [-0.15, -0.1) is 0 Å². The predicted molar refractivity (Wildman–Crippen MR) is 123 cm³/mol. The Balaban J connectivity index is 1.39. The molecule has 1 aliphatic rings. The molecule has 3 aromatic rings. The van der Waals surface area contributed by atoms with E-state index in [1.165, 1.54) is 10.6 Å². The highest BCUT2D eigenvalue weighted by Crippen LogP contribution is 2.13. The molecule has 0 aromatic heterocycles. The number of para-hydroxylation sites is 1. The molecule has 3 aromatic carbocycles. The summed E-state index contributed by atoms with van der Waals surface area (Å²) in [7, 11) is 0. The fraction of sp³-hybridized carbons (Fsp3) is 0.240. The fourth-order valence-electron chi connectivity index (χ4n) is 3.72. The van der Waals surface area contributed by atoms with E-state index in [0.29, 0.717) is 6.61 Å². The van der Waals surface area contributed by atoms with Crippen molar-refractivity contribution in [2.75, 3.05) is 37.6 Å². The molecule has 154 valence electrons. The SMILES string of the molecule is Clc1ccc(CO/N=C(/C[NH+]2CCN(c3ccccc3)CC2)c2ccccc2)cc1. The maximum Gasteiger partial charge on any atom is 0.142 e. The van der Waals surface area contributed by atoms with Crippen molar-refractivity contribution in [3.05, 3.63) is 101 Å². The van der Waals surface area contributed by atoms with Gasteiger partial charge in [-0.1, -0.05) is 77.4 Å². The first-order valence-corrected chi connectivity index (χ1v) is 10.8. The zero-order valence-corrected chi connectivity index (χ0v) is 17.8. The van der Waals surface area contributed by atoms with Crippen LogP contribution in [0.1, 0.15) is 11.1 Å². The summed E-state index contributed by atoms with van der Waals surface area (Å²) in [5, 5.41) is 5.26. The lowest BCUT2D eigenvalue weighted by Crippen LogP contribution is -3.15. The zero-order valence-electron chi connectivity index (χ0n) is 17.0. The largest absolute Gasteiger partial charge is 0.391 e. The van der Waals surface area contributed by atoms with E-state index in [9.17, 15) is 0 Å². The van der Waals surface area contributed by atoms with Gasteiger partial charge in [0.25, 0.3) is 0 Å². The number of rotatable bonds is 7. The van der Waals surface area contributed by atoms with Crippen molar-refractivity contribution < 1.29 is 9.74 Å². The molecular weight excluding hydrogens is 394 g/mol. The van der Waals surface area contributed by atoms with Crippen LogP contribution in [-0.4, -0.2) is 38.4 Å². The average molecular weight is 421 g/mol. The number of hydrogen-bond donors (Lipinski definition) is 1. The molecule has 1 heterocycles. The molecular formula is C25H27ClN3O+. The number of benzene rings is 3. The Morgan fingerprint density at radius 3 is 2.17 bits per heavy atom. The van der Waals surface area contributed by atoms with Crippen LogP contribution < -0.4 is 9.80 Å². The average Bonchev–Trinajstić information content (AvgIpc) is 2.81. The van der Waals surface area contributed by atoms with Gasteiger partial charge in [-0.05, 0) is 29.8 Å². The molecule has 1 fully saturated rings. The Labute approximate surface area is 183 Å². The first-order chi connectivity index (χ1) is 14.8. The molecule has 0 aliphatic carbocycles. The van der Waals surface area contributed by atoms with Crippen molar-refractivity contribution in [2.45, 2.75) is 6.61 Å². The first-order valence-electron chi connectivity index (χ1n) is 10.4. The summed E-state index contributed by atoms with van der Waals surface area (Å²) >= 11 is 5.96. The Morgan fingerprint density at radius 2 is 1.50 bits per heavy atom. The number of quaternary nitrogens is 1. The van der Waals surface area contributed by atoms with Gasteiger partial charge in [-0.2, -0.15) is 0 Å². The van der Waals surface area contributed by atoms with Crippen molar-refractivity contribution in [3.63, 3.8) is 0 Å². The molecule has 0 saturated carbocycles. The number of anilines is 1. The van der Waals surface area contributed by atoms with Crippen molar-refractivity contribution in [2.24, 2.45) is 5.16 Å². The highest BCUT2D eigenvalue weighted by molar-refractivity contribution is 6.30. The van der Waals surface area contributed by atoms with Gasteiger partial charge < -0.3 is 14.6 Å².